The van der Waals surface area contributed by atoms with E-state index in [1.165, 1.54) is 10.6 Å². The molecule has 0 aliphatic heterocycles. The molecular weight excluding hydrogens is 416 g/mol. The third kappa shape index (κ3) is 4.56. The van der Waals surface area contributed by atoms with Crippen LogP contribution in [0, 0.1) is 13.8 Å². The van der Waals surface area contributed by atoms with Crippen molar-refractivity contribution >= 4 is 14.0 Å². The fourth-order valence-electron chi connectivity index (χ4n) is 3.23. The topological polar surface area (TPSA) is 59.7 Å². The highest BCUT2D eigenvalue weighted by molar-refractivity contribution is 6.74. The quantitative estimate of drug-likeness (QED) is 0.479. The number of rotatable bonds is 6. The van der Waals surface area contributed by atoms with Gasteiger partial charge in [-0.2, -0.15) is 0 Å². The molecule has 1 atom stereocenters. The Morgan fingerprint density at radius 3 is 2.42 bits per heavy atom. The zero-order valence-corrected chi connectivity index (χ0v) is 20.2. The van der Waals surface area contributed by atoms with Crippen molar-refractivity contribution in [3.05, 3.63) is 64.1 Å². The van der Waals surface area contributed by atoms with Crippen molar-refractivity contribution in [1.82, 2.24) is 14.6 Å². The number of halogens is 2. The van der Waals surface area contributed by atoms with E-state index in [2.05, 4.69) is 44.1 Å². The van der Waals surface area contributed by atoms with E-state index in [0.29, 0.717) is 23.4 Å². The maximum Gasteiger partial charge on any atom is 0.297 e. The third-order valence-electron chi connectivity index (χ3n) is 6.47. The van der Waals surface area contributed by atoms with Gasteiger partial charge in [0.25, 0.3) is 6.43 Å². The van der Waals surface area contributed by atoms with E-state index >= 15 is 0 Å². The summed E-state index contributed by atoms with van der Waals surface area (Å²) in [5.74, 6) is -0.403. The minimum absolute atomic E-state index is 0.111. The van der Waals surface area contributed by atoms with Crippen LogP contribution in [0.25, 0.3) is 5.65 Å². The van der Waals surface area contributed by atoms with Gasteiger partial charge in [-0.3, -0.25) is 4.40 Å². The van der Waals surface area contributed by atoms with Crippen molar-refractivity contribution in [3.63, 3.8) is 0 Å². The van der Waals surface area contributed by atoms with Crippen LogP contribution >= 0.6 is 0 Å². The van der Waals surface area contributed by atoms with Gasteiger partial charge in [0.2, 0.25) is 5.82 Å². The zero-order chi connectivity index (χ0) is 23.1. The fourth-order valence-corrected chi connectivity index (χ4v) is 4.18. The van der Waals surface area contributed by atoms with Crippen molar-refractivity contribution < 1.29 is 18.3 Å². The standard InChI is InChI=1S/C23H31F2N3O2Si/c1-14-8-9-16(12-17(14)13-30-31(6,7)23(3,4)5)19(29)18-10-11-28-21(15(18)2)26-27-22(28)20(24)25/h8-12,19-20,29H,13H2,1-7H3. The summed E-state index contributed by atoms with van der Waals surface area (Å²) in [4.78, 5) is 0. The van der Waals surface area contributed by atoms with Gasteiger partial charge in [-0.1, -0.05) is 39.0 Å². The SMILES string of the molecule is Cc1ccc(C(O)c2ccn3c(C(F)F)nnc3c2C)cc1CO[Si](C)(C)C(C)(C)C. The molecule has 31 heavy (non-hydrogen) atoms. The summed E-state index contributed by atoms with van der Waals surface area (Å²) in [6.07, 6.45) is -2.15. The number of aliphatic hydroxyl groups excluding tert-OH is 1. The number of aliphatic hydroxyl groups is 1. The van der Waals surface area contributed by atoms with Gasteiger partial charge in [-0.15, -0.1) is 10.2 Å². The average molecular weight is 448 g/mol. The highest BCUT2D eigenvalue weighted by Crippen LogP contribution is 2.37. The summed E-state index contributed by atoms with van der Waals surface area (Å²) >= 11 is 0. The van der Waals surface area contributed by atoms with Crippen LogP contribution in [0.2, 0.25) is 18.1 Å². The molecule has 1 aromatic carbocycles. The molecule has 0 saturated carbocycles. The van der Waals surface area contributed by atoms with Crippen LogP contribution in [0.3, 0.4) is 0 Å². The number of nitrogens with zero attached hydrogens (tertiary/aromatic N) is 3. The normalized spacial score (nSPS) is 13.9. The Bertz CT molecular complexity index is 1090. The van der Waals surface area contributed by atoms with E-state index in [1.54, 1.807) is 13.0 Å². The molecular formula is C23H31F2N3O2Si. The third-order valence-corrected chi connectivity index (χ3v) is 10.9. The summed E-state index contributed by atoms with van der Waals surface area (Å²) in [5.41, 5.74) is 4.40. The Kier molecular flexibility index (Phi) is 6.37. The van der Waals surface area contributed by atoms with Crippen molar-refractivity contribution in [1.29, 1.82) is 0 Å². The zero-order valence-electron chi connectivity index (χ0n) is 19.2. The van der Waals surface area contributed by atoms with Gasteiger partial charge in [-0.05, 0) is 60.3 Å². The molecule has 0 fully saturated rings. The Hall–Kier alpha value is -2.16. The van der Waals surface area contributed by atoms with Crippen molar-refractivity contribution in [2.24, 2.45) is 0 Å². The number of hydrogen-bond acceptors (Lipinski definition) is 4. The van der Waals surface area contributed by atoms with Gasteiger partial charge in [0, 0.05) is 11.8 Å². The molecule has 0 bridgehead atoms. The van der Waals surface area contributed by atoms with Crippen LogP contribution < -0.4 is 0 Å². The van der Waals surface area contributed by atoms with Gasteiger partial charge >= 0.3 is 0 Å². The molecule has 0 spiro atoms. The van der Waals surface area contributed by atoms with E-state index in [9.17, 15) is 13.9 Å². The van der Waals surface area contributed by atoms with E-state index in [0.717, 1.165) is 16.7 Å². The molecule has 0 aliphatic rings. The predicted octanol–water partition coefficient (Wildman–Crippen LogP) is 5.89. The number of aryl methyl sites for hydroxylation is 2. The Morgan fingerprint density at radius 1 is 1.13 bits per heavy atom. The molecule has 0 amide bonds. The lowest BCUT2D eigenvalue weighted by Crippen LogP contribution is -2.40. The second-order valence-electron chi connectivity index (χ2n) is 9.59. The molecule has 168 valence electrons. The van der Waals surface area contributed by atoms with E-state index in [1.807, 2.05) is 25.1 Å². The van der Waals surface area contributed by atoms with E-state index in [4.69, 9.17) is 4.43 Å². The summed E-state index contributed by atoms with van der Waals surface area (Å²) in [7, 11) is -1.91. The minimum Gasteiger partial charge on any atom is -0.413 e. The lowest BCUT2D eigenvalue weighted by atomic mass is 9.95. The minimum atomic E-state index is -2.72. The highest BCUT2D eigenvalue weighted by Gasteiger charge is 2.37. The summed E-state index contributed by atoms with van der Waals surface area (Å²) in [6.45, 7) is 15.3. The molecule has 0 radical (unpaired) electrons. The van der Waals surface area contributed by atoms with E-state index < -0.39 is 26.7 Å². The van der Waals surface area contributed by atoms with Crippen molar-refractivity contribution in [2.75, 3.05) is 0 Å². The first-order valence-electron chi connectivity index (χ1n) is 10.4. The molecule has 3 aromatic rings. The molecule has 0 saturated heterocycles. The van der Waals surface area contributed by atoms with Gasteiger partial charge in [0.15, 0.2) is 14.0 Å². The predicted molar refractivity (Wildman–Crippen MR) is 120 cm³/mol. The Labute approximate surface area is 183 Å². The number of alkyl halides is 2. The van der Waals surface area contributed by atoms with Gasteiger partial charge in [0.1, 0.15) is 6.10 Å². The molecule has 3 rings (SSSR count). The Balaban J connectivity index is 1.91. The Morgan fingerprint density at radius 2 is 1.81 bits per heavy atom. The number of fused-ring (bicyclic) bond motifs is 1. The first-order chi connectivity index (χ1) is 14.3. The van der Waals surface area contributed by atoms with Crippen LogP contribution in [0.1, 0.15) is 66.9 Å². The summed E-state index contributed by atoms with van der Waals surface area (Å²) < 4.78 is 33.9. The van der Waals surface area contributed by atoms with Crippen LogP contribution in [-0.2, 0) is 11.0 Å². The van der Waals surface area contributed by atoms with Gasteiger partial charge in [0.05, 0.1) is 6.61 Å². The smallest absolute Gasteiger partial charge is 0.297 e. The summed E-state index contributed by atoms with van der Waals surface area (Å²) in [5, 5.41) is 18.7. The molecule has 1 N–H and O–H groups in total. The van der Waals surface area contributed by atoms with Gasteiger partial charge in [-0.25, -0.2) is 8.78 Å². The van der Waals surface area contributed by atoms with Crippen molar-refractivity contribution in [3.8, 4) is 0 Å². The second kappa shape index (κ2) is 8.41. The van der Waals surface area contributed by atoms with Gasteiger partial charge < -0.3 is 9.53 Å². The molecule has 8 heteroatoms. The number of aromatic nitrogens is 3. The maximum absolute atomic E-state index is 13.1. The molecule has 2 aromatic heterocycles. The molecule has 2 heterocycles. The number of hydrogen-bond donors (Lipinski definition) is 1. The first-order valence-corrected chi connectivity index (χ1v) is 13.3. The average Bonchev–Trinajstić information content (AvgIpc) is 3.11. The van der Waals surface area contributed by atoms with Crippen LogP contribution in [0.5, 0.6) is 0 Å². The maximum atomic E-state index is 13.1. The first kappa shape index (κ1) is 23.5. The molecule has 5 nitrogen and oxygen atoms in total. The lowest BCUT2D eigenvalue weighted by molar-refractivity contribution is 0.139. The second-order valence-corrected chi connectivity index (χ2v) is 14.4. The molecule has 1 unspecified atom stereocenters. The largest absolute Gasteiger partial charge is 0.413 e. The fraction of sp³-hybridized carbons (Fsp3) is 0.478. The number of pyridine rings is 1. The summed E-state index contributed by atoms with van der Waals surface area (Å²) in [6, 6.07) is 7.47. The lowest BCUT2D eigenvalue weighted by Gasteiger charge is -2.36. The molecule has 0 aliphatic carbocycles. The van der Waals surface area contributed by atoms with Crippen LogP contribution in [-0.4, -0.2) is 28.0 Å². The highest BCUT2D eigenvalue weighted by atomic mass is 28.4. The van der Waals surface area contributed by atoms with Crippen molar-refractivity contribution in [2.45, 2.75) is 71.9 Å². The monoisotopic (exact) mass is 447 g/mol. The number of benzene rings is 1. The van der Waals surface area contributed by atoms with Crippen LogP contribution in [0.15, 0.2) is 30.5 Å². The van der Waals surface area contributed by atoms with E-state index in [-0.39, 0.29) is 5.04 Å². The van der Waals surface area contributed by atoms with Crippen LogP contribution in [0.4, 0.5) is 8.78 Å².